The lowest BCUT2D eigenvalue weighted by Gasteiger charge is -2.18. The zero-order valence-electron chi connectivity index (χ0n) is 18.7. The molecule has 0 radical (unpaired) electrons. The maximum atomic E-state index is 14.5. The average Bonchev–Trinajstić information content (AvgIpc) is 3.26. The molecule has 172 valence electrons. The number of benzene rings is 1. The van der Waals surface area contributed by atoms with E-state index in [4.69, 9.17) is 6.57 Å². The van der Waals surface area contributed by atoms with Crippen molar-refractivity contribution in [3.8, 4) is 11.1 Å². The van der Waals surface area contributed by atoms with Gasteiger partial charge in [0.25, 0.3) is 15.8 Å². The van der Waals surface area contributed by atoms with Gasteiger partial charge in [-0.25, -0.2) is 9.11 Å². The monoisotopic (exact) mass is 469 g/mol. The number of hydrogen-bond donors (Lipinski definition) is 1. The molecule has 0 aliphatic carbocycles. The second-order valence-corrected chi connectivity index (χ2v) is 9.75. The van der Waals surface area contributed by atoms with Crippen LogP contribution in [0.25, 0.3) is 16.0 Å². The van der Waals surface area contributed by atoms with Crippen LogP contribution in [-0.2, 0) is 21.2 Å². The van der Waals surface area contributed by atoms with Crippen molar-refractivity contribution in [2.75, 3.05) is 0 Å². The summed E-state index contributed by atoms with van der Waals surface area (Å²) in [5.74, 6) is -1.28. The minimum atomic E-state index is -4.18. The topological polar surface area (TPSA) is 98.3 Å². The number of sulfonamides is 1. The summed E-state index contributed by atoms with van der Waals surface area (Å²) >= 11 is 0. The Bertz CT molecular complexity index is 1340. The Morgan fingerprint density at radius 1 is 1.21 bits per heavy atom. The predicted octanol–water partition coefficient (Wildman–Crippen LogP) is 4.39. The van der Waals surface area contributed by atoms with Gasteiger partial charge in [-0.05, 0) is 72.4 Å². The van der Waals surface area contributed by atoms with Gasteiger partial charge in [0.05, 0.1) is 6.42 Å². The van der Waals surface area contributed by atoms with Gasteiger partial charge in [0.15, 0.2) is 5.03 Å². The molecule has 1 aromatic carbocycles. The first-order valence-electron chi connectivity index (χ1n) is 10.3. The summed E-state index contributed by atoms with van der Waals surface area (Å²) < 4.78 is 43.3. The molecule has 1 amide bonds. The van der Waals surface area contributed by atoms with Crippen molar-refractivity contribution in [3.63, 3.8) is 0 Å². The maximum absolute atomic E-state index is 14.5. The van der Waals surface area contributed by atoms with E-state index in [1.54, 1.807) is 6.07 Å². The van der Waals surface area contributed by atoms with Crippen molar-refractivity contribution in [1.82, 2.24) is 19.5 Å². The van der Waals surface area contributed by atoms with Crippen molar-refractivity contribution in [2.24, 2.45) is 0 Å². The Hall–Kier alpha value is -3.58. The third-order valence-corrected chi connectivity index (χ3v) is 6.28. The normalized spacial score (nSPS) is 11.6. The fourth-order valence-corrected chi connectivity index (χ4v) is 4.34. The molecule has 3 rings (SSSR count). The lowest BCUT2D eigenvalue weighted by molar-refractivity contribution is -0.118. The summed E-state index contributed by atoms with van der Waals surface area (Å²) in [6.45, 7) is 14.6. The van der Waals surface area contributed by atoms with Gasteiger partial charge in [0, 0.05) is 12.2 Å². The number of nitrogens with zero attached hydrogens (tertiary/aromatic N) is 4. The Balaban J connectivity index is 1.99. The highest BCUT2D eigenvalue weighted by Gasteiger charge is 2.24. The third-order valence-electron chi connectivity index (χ3n) is 5.02. The molecule has 0 bridgehead atoms. The molecule has 10 heteroatoms. The summed E-state index contributed by atoms with van der Waals surface area (Å²) in [4.78, 5) is 20.1. The van der Waals surface area contributed by atoms with Crippen molar-refractivity contribution < 1.29 is 17.6 Å². The number of halogens is 1. The fourth-order valence-electron chi connectivity index (χ4n) is 3.43. The first-order valence-corrected chi connectivity index (χ1v) is 11.8. The quantitative estimate of drug-likeness (QED) is 0.518. The van der Waals surface area contributed by atoms with E-state index >= 15 is 0 Å². The fraction of sp³-hybridized carbons (Fsp3) is 0.304. The van der Waals surface area contributed by atoms with E-state index in [0.717, 1.165) is 0 Å². The molecule has 0 unspecified atom stereocenters. The van der Waals surface area contributed by atoms with Crippen LogP contribution in [0.15, 0.2) is 47.8 Å². The molecule has 8 nitrogen and oxygen atoms in total. The van der Waals surface area contributed by atoms with Crippen LogP contribution in [0.2, 0.25) is 0 Å². The number of pyridine rings is 1. The molecule has 0 aliphatic heterocycles. The highest BCUT2D eigenvalue weighted by Crippen LogP contribution is 2.33. The molecule has 0 saturated heterocycles. The van der Waals surface area contributed by atoms with Crippen LogP contribution in [0, 0.1) is 12.4 Å². The van der Waals surface area contributed by atoms with Gasteiger partial charge < -0.3 is 4.85 Å². The summed E-state index contributed by atoms with van der Waals surface area (Å²) in [7, 11) is -4.18. The summed E-state index contributed by atoms with van der Waals surface area (Å²) in [5, 5.41) is 3.75. The zero-order chi connectivity index (χ0) is 24.3. The molecule has 0 saturated carbocycles. The number of carbonyl (C=O) groups excluding carboxylic acids is 1. The van der Waals surface area contributed by atoms with E-state index in [1.807, 2.05) is 27.7 Å². The van der Waals surface area contributed by atoms with Crippen molar-refractivity contribution in [3.05, 3.63) is 71.1 Å². The Morgan fingerprint density at radius 3 is 2.55 bits per heavy atom. The molecule has 2 heterocycles. The first-order chi connectivity index (χ1) is 15.5. The highest BCUT2D eigenvalue weighted by molar-refractivity contribution is 7.90. The molecule has 33 heavy (non-hydrogen) atoms. The van der Waals surface area contributed by atoms with Gasteiger partial charge in [0.2, 0.25) is 5.91 Å². The van der Waals surface area contributed by atoms with E-state index in [-0.39, 0.29) is 29.2 Å². The Labute approximate surface area is 192 Å². The van der Waals surface area contributed by atoms with Gasteiger partial charge in [-0.15, -0.1) is 4.98 Å². The van der Waals surface area contributed by atoms with Gasteiger partial charge in [-0.1, -0.05) is 20.4 Å². The molecule has 1 N–H and O–H groups in total. The number of carbonyl (C=O) groups is 1. The third kappa shape index (κ3) is 5.43. The van der Waals surface area contributed by atoms with Crippen LogP contribution in [-0.4, -0.2) is 29.1 Å². The van der Waals surface area contributed by atoms with Crippen LogP contribution >= 0.6 is 0 Å². The van der Waals surface area contributed by atoms with E-state index in [1.165, 1.54) is 41.3 Å². The van der Waals surface area contributed by atoms with Crippen LogP contribution in [0.4, 0.5) is 10.2 Å². The Kier molecular flexibility index (Phi) is 6.93. The number of hydrogen-bond acceptors (Lipinski definition) is 5. The smallest absolute Gasteiger partial charge is 0.283 e. The first kappa shape index (κ1) is 24.1. The van der Waals surface area contributed by atoms with Crippen molar-refractivity contribution >= 4 is 21.7 Å². The molecule has 0 fully saturated rings. The summed E-state index contributed by atoms with van der Waals surface area (Å²) in [5.41, 5.74) is 1.97. The SMILES string of the molecule is [C-]#[N+]c1cc(-c2cc(F)cc(C(C)C)c2CC(=O)NS(=O)(=O)c2ccn(C(C)C)n2)ccn1. The minimum absolute atomic E-state index is 0.0410. The molecule has 0 spiro atoms. The van der Waals surface area contributed by atoms with Crippen molar-refractivity contribution in [2.45, 2.75) is 51.1 Å². The number of amides is 1. The van der Waals surface area contributed by atoms with Gasteiger partial charge in [-0.2, -0.15) is 13.5 Å². The number of nitrogens with one attached hydrogen (secondary N) is 1. The molecule has 0 atom stereocenters. The van der Waals surface area contributed by atoms with E-state index < -0.39 is 21.7 Å². The lowest BCUT2D eigenvalue weighted by atomic mass is 9.88. The second kappa shape index (κ2) is 9.50. The van der Waals surface area contributed by atoms with E-state index in [0.29, 0.717) is 22.3 Å². The second-order valence-electron chi connectivity index (χ2n) is 8.12. The highest BCUT2D eigenvalue weighted by atomic mass is 32.2. The van der Waals surface area contributed by atoms with Crippen LogP contribution in [0.1, 0.15) is 50.8 Å². The Morgan fingerprint density at radius 2 is 1.94 bits per heavy atom. The summed E-state index contributed by atoms with van der Waals surface area (Å²) in [6.07, 6.45) is 2.65. The maximum Gasteiger partial charge on any atom is 0.283 e. The zero-order valence-corrected chi connectivity index (χ0v) is 19.5. The summed E-state index contributed by atoms with van der Waals surface area (Å²) in [6, 6.07) is 7.01. The molecule has 3 aromatic rings. The van der Waals surface area contributed by atoms with Crippen molar-refractivity contribution in [1.29, 1.82) is 0 Å². The van der Waals surface area contributed by atoms with Crippen LogP contribution in [0.5, 0.6) is 0 Å². The van der Waals surface area contributed by atoms with Crippen LogP contribution in [0.3, 0.4) is 0 Å². The average molecular weight is 470 g/mol. The molecular formula is C23H24FN5O3S. The predicted molar refractivity (Wildman–Crippen MR) is 122 cm³/mol. The number of rotatable bonds is 7. The largest absolute Gasteiger partial charge is 0.361 e. The standard InChI is InChI=1S/C23H24FN5O3S/c1-14(2)18-11-17(24)12-19(16-6-8-26-21(10-16)25-5)20(18)13-22(30)28-33(31,32)23-7-9-29(27-23)15(3)4/h6-12,14-15H,13H2,1-4H3,(H,28,30). The number of aromatic nitrogens is 3. The molecule has 0 aliphatic rings. The van der Waals surface area contributed by atoms with Crippen LogP contribution < -0.4 is 4.72 Å². The lowest BCUT2D eigenvalue weighted by Crippen LogP contribution is -2.32. The van der Waals surface area contributed by atoms with E-state index in [9.17, 15) is 17.6 Å². The molecular weight excluding hydrogens is 445 g/mol. The van der Waals surface area contributed by atoms with Gasteiger partial charge >= 0.3 is 0 Å². The molecule has 2 aromatic heterocycles. The van der Waals surface area contributed by atoms with Gasteiger partial charge in [-0.3, -0.25) is 9.48 Å². The van der Waals surface area contributed by atoms with Gasteiger partial charge in [0.1, 0.15) is 12.0 Å². The van der Waals surface area contributed by atoms with E-state index in [2.05, 4.69) is 19.6 Å². The minimum Gasteiger partial charge on any atom is -0.361 e.